The average Bonchev–Trinajstić information content (AvgIpc) is 3.66. The summed E-state index contributed by atoms with van der Waals surface area (Å²) in [5.74, 6) is 0.501. The van der Waals surface area contributed by atoms with Crippen LogP contribution < -0.4 is 0 Å². The van der Waals surface area contributed by atoms with Crippen molar-refractivity contribution >= 4 is 39.6 Å². The molecule has 0 radical (unpaired) electrons. The maximum absolute atomic E-state index is 12.1. The highest BCUT2D eigenvalue weighted by Crippen LogP contribution is 2.33. The smallest absolute Gasteiger partial charge is 0.410 e. The third-order valence-corrected chi connectivity index (χ3v) is 8.00. The van der Waals surface area contributed by atoms with Crippen LogP contribution in [-0.4, -0.2) is 69.3 Å². The number of nitrogens with one attached hydrogen (secondary N) is 2. The van der Waals surface area contributed by atoms with Gasteiger partial charge in [0.1, 0.15) is 11.2 Å². The highest BCUT2D eigenvalue weighted by molar-refractivity contribution is 5.92. The van der Waals surface area contributed by atoms with Gasteiger partial charge in [-0.05, 0) is 101 Å². The zero-order chi connectivity index (χ0) is 31.5. The molecule has 0 atom stereocenters. The van der Waals surface area contributed by atoms with Crippen LogP contribution in [-0.2, 0) is 9.47 Å². The minimum atomic E-state index is -0.448. The number of hydrogen-bond acceptors (Lipinski definition) is 4. The first-order valence-electron chi connectivity index (χ1n) is 15.7. The number of carbonyl (C=O) groups is 2. The molecule has 45 heavy (non-hydrogen) atoms. The summed E-state index contributed by atoms with van der Waals surface area (Å²) in [5.41, 5.74) is 5.41. The predicted molar refractivity (Wildman–Crippen MR) is 184 cm³/mol. The number of ether oxygens (including phenoxy) is 2. The molecule has 0 unspecified atom stereocenters. The second-order valence-electron chi connectivity index (χ2n) is 13.7. The zero-order valence-corrected chi connectivity index (χ0v) is 26.9. The summed E-state index contributed by atoms with van der Waals surface area (Å²) in [6, 6.07) is 16.9. The highest BCUT2D eigenvalue weighted by Gasteiger charge is 2.28. The van der Waals surface area contributed by atoms with Crippen LogP contribution >= 0.6 is 0 Å². The fraction of sp³-hybridized carbons (Fsp3) is 0.459. The van der Waals surface area contributed by atoms with Crippen molar-refractivity contribution in [1.82, 2.24) is 19.8 Å². The Labute approximate surface area is 267 Å². The molecule has 0 saturated carbocycles. The molecule has 8 nitrogen and oxygen atoms in total. The van der Waals surface area contributed by atoms with Gasteiger partial charge in [0.05, 0.1) is 5.52 Å². The average molecular weight is 615 g/mol. The van der Waals surface area contributed by atoms with Gasteiger partial charge in [-0.15, -0.1) is 0 Å². The number of benzene rings is 2. The first-order chi connectivity index (χ1) is 20.9. The van der Waals surface area contributed by atoms with Gasteiger partial charge in [0.2, 0.25) is 0 Å². The number of fused-ring (bicyclic) bond motifs is 2. The number of amides is 2. The first-order valence-corrected chi connectivity index (χ1v) is 15.7. The van der Waals surface area contributed by atoms with Crippen molar-refractivity contribution in [3.63, 3.8) is 0 Å². The van der Waals surface area contributed by atoms with Crippen molar-refractivity contribution in [2.75, 3.05) is 26.2 Å². The van der Waals surface area contributed by atoms with Gasteiger partial charge in [-0.1, -0.05) is 49.9 Å². The van der Waals surface area contributed by atoms with Crippen molar-refractivity contribution in [3.8, 4) is 0 Å². The van der Waals surface area contributed by atoms with E-state index < -0.39 is 11.2 Å². The van der Waals surface area contributed by atoms with Crippen molar-refractivity contribution in [2.24, 2.45) is 0 Å². The fourth-order valence-corrected chi connectivity index (χ4v) is 5.91. The number of carbonyl (C=O) groups excluding carboxylic acids is 2. The second kappa shape index (κ2) is 13.8. The summed E-state index contributed by atoms with van der Waals surface area (Å²) in [5, 5.41) is 2.47. The Balaban J connectivity index is 0.000000200. The van der Waals surface area contributed by atoms with E-state index in [4.69, 9.17) is 9.47 Å². The number of aromatic amines is 2. The standard InChI is InChI=1S/C18H24N2O2.C18H22N2O2.CH4/c2*1-18(2,3)22-17(21)20-11-8-13(9-12-20)15-6-4-5-14-7-10-19-16(14)15;/h4-7,10,13,19H,8-9,11-12H2,1-3H3;4-8,10,19H,9,11-12H2,1-3H3;1H4. The largest absolute Gasteiger partial charge is 0.444 e. The Hall–Kier alpha value is -4.20. The third kappa shape index (κ3) is 8.50. The Bertz CT molecular complexity index is 1630. The number of para-hydroxylation sites is 2. The topological polar surface area (TPSA) is 90.7 Å². The van der Waals surface area contributed by atoms with Gasteiger partial charge in [-0.25, -0.2) is 9.59 Å². The molecule has 0 aliphatic carbocycles. The van der Waals surface area contributed by atoms with Gasteiger partial charge in [0, 0.05) is 49.7 Å². The number of rotatable bonds is 2. The lowest BCUT2D eigenvalue weighted by Crippen LogP contribution is -2.41. The van der Waals surface area contributed by atoms with E-state index in [1.54, 1.807) is 4.90 Å². The molecule has 1 saturated heterocycles. The molecule has 2 aliphatic rings. The second-order valence-corrected chi connectivity index (χ2v) is 13.7. The fourth-order valence-electron chi connectivity index (χ4n) is 5.91. The molecule has 8 heteroatoms. The minimum absolute atomic E-state index is 0. The summed E-state index contributed by atoms with van der Waals surface area (Å²) >= 11 is 0. The lowest BCUT2D eigenvalue weighted by molar-refractivity contribution is 0.0203. The van der Waals surface area contributed by atoms with Crippen LogP contribution in [0.1, 0.15) is 85.3 Å². The third-order valence-electron chi connectivity index (χ3n) is 8.00. The summed E-state index contributed by atoms with van der Waals surface area (Å²) in [4.78, 5) is 34.5. The Kier molecular flexibility index (Phi) is 10.4. The summed E-state index contributed by atoms with van der Waals surface area (Å²) in [7, 11) is 0. The molecule has 2 aliphatic heterocycles. The number of nitrogens with zero attached hydrogens (tertiary/aromatic N) is 2. The molecule has 2 aromatic heterocycles. The van der Waals surface area contributed by atoms with Crippen LogP contribution in [0.3, 0.4) is 0 Å². The molecule has 4 aromatic rings. The number of H-pyrrole nitrogens is 2. The van der Waals surface area contributed by atoms with Crippen LogP contribution in [0.5, 0.6) is 0 Å². The molecule has 2 N–H and O–H groups in total. The normalized spacial score (nSPS) is 16.0. The van der Waals surface area contributed by atoms with Gasteiger partial charge in [0.15, 0.2) is 0 Å². The van der Waals surface area contributed by atoms with E-state index in [0.29, 0.717) is 19.0 Å². The number of likely N-dealkylation sites (tertiary alicyclic amines) is 1. The lowest BCUT2D eigenvalue weighted by Gasteiger charge is -2.33. The Morgan fingerprint density at radius 3 is 1.87 bits per heavy atom. The molecule has 6 rings (SSSR count). The minimum Gasteiger partial charge on any atom is -0.444 e. The molecule has 1 fully saturated rings. The summed E-state index contributed by atoms with van der Waals surface area (Å²) in [6.45, 7) is 14.2. The molecule has 0 spiro atoms. The van der Waals surface area contributed by atoms with Gasteiger partial charge < -0.3 is 29.2 Å². The summed E-state index contributed by atoms with van der Waals surface area (Å²) < 4.78 is 10.9. The Morgan fingerprint density at radius 1 is 0.733 bits per heavy atom. The van der Waals surface area contributed by atoms with Crippen LogP contribution in [0.4, 0.5) is 9.59 Å². The molecule has 2 aromatic carbocycles. The Morgan fingerprint density at radius 2 is 1.29 bits per heavy atom. The number of aromatic nitrogens is 2. The highest BCUT2D eigenvalue weighted by atomic mass is 16.6. The zero-order valence-electron chi connectivity index (χ0n) is 26.9. The molecule has 242 valence electrons. The summed E-state index contributed by atoms with van der Waals surface area (Å²) in [6.07, 6.45) is 8.47. The van der Waals surface area contributed by atoms with E-state index in [1.165, 1.54) is 38.5 Å². The predicted octanol–water partition coefficient (Wildman–Crippen LogP) is 9.11. The maximum atomic E-state index is 12.1. The van der Waals surface area contributed by atoms with Crippen molar-refractivity contribution in [2.45, 2.75) is 85.4 Å². The molecule has 0 bridgehead atoms. The first kappa shape index (κ1) is 33.7. The van der Waals surface area contributed by atoms with Crippen molar-refractivity contribution in [3.05, 3.63) is 78.1 Å². The van der Waals surface area contributed by atoms with E-state index >= 15 is 0 Å². The van der Waals surface area contributed by atoms with Gasteiger partial charge in [-0.2, -0.15) is 0 Å². The van der Waals surface area contributed by atoms with E-state index in [0.717, 1.165) is 32.4 Å². The SMILES string of the molecule is C.CC(C)(C)OC(=O)N1CC=C(c2cccc3cc[nH]c23)CC1.CC(C)(C)OC(=O)N1CCC(c2cccc3cc[nH]c23)CC1. The van der Waals surface area contributed by atoms with E-state index in [-0.39, 0.29) is 19.6 Å². The van der Waals surface area contributed by atoms with Crippen LogP contribution in [0.15, 0.2) is 67.0 Å². The van der Waals surface area contributed by atoms with E-state index in [1.807, 2.05) is 58.8 Å². The quantitative estimate of drug-likeness (QED) is 0.236. The lowest BCUT2D eigenvalue weighted by atomic mass is 9.88. The van der Waals surface area contributed by atoms with Crippen molar-refractivity contribution in [1.29, 1.82) is 0 Å². The van der Waals surface area contributed by atoms with Gasteiger partial charge in [-0.3, -0.25) is 0 Å². The van der Waals surface area contributed by atoms with Crippen LogP contribution in [0.2, 0.25) is 0 Å². The van der Waals surface area contributed by atoms with Crippen LogP contribution in [0, 0.1) is 0 Å². The molecule has 2 amide bonds. The van der Waals surface area contributed by atoms with E-state index in [9.17, 15) is 9.59 Å². The number of hydrogen-bond donors (Lipinski definition) is 2. The molecular weight excluding hydrogens is 564 g/mol. The van der Waals surface area contributed by atoms with Gasteiger partial charge in [0.25, 0.3) is 0 Å². The maximum Gasteiger partial charge on any atom is 0.410 e. The molecular formula is C37H50N4O4. The van der Waals surface area contributed by atoms with Gasteiger partial charge >= 0.3 is 12.2 Å². The van der Waals surface area contributed by atoms with Crippen LogP contribution in [0.25, 0.3) is 27.4 Å². The molecule has 4 heterocycles. The number of piperidine rings is 1. The van der Waals surface area contributed by atoms with Crippen molar-refractivity contribution < 1.29 is 19.1 Å². The monoisotopic (exact) mass is 614 g/mol. The van der Waals surface area contributed by atoms with E-state index in [2.05, 4.69) is 64.6 Å².